The number of ether oxygens (including phenoxy) is 3. The number of methoxy groups -OCH3 is 1. The van der Waals surface area contributed by atoms with Crippen molar-refractivity contribution in [2.24, 2.45) is 0 Å². The minimum absolute atomic E-state index is 0.0342. The number of likely N-dealkylation sites (tertiary alicyclic amines) is 1. The molecule has 1 atom stereocenters. The number of carbonyl (C=O) groups is 2. The van der Waals surface area contributed by atoms with Gasteiger partial charge in [0.2, 0.25) is 0 Å². The number of fused-ring (bicyclic) bond motifs is 1. The van der Waals surface area contributed by atoms with E-state index in [1.807, 2.05) is 12.1 Å². The number of aromatic nitrogens is 1. The van der Waals surface area contributed by atoms with E-state index in [-0.39, 0.29) is 11.3 Å². The van der Waals surface area contributed by atoms with Gasteiger partial charge in [0.15, 0.2) is 11.5 Å². The number of halogens is 2. The van der Waals surface area contributed by atoms with Gasteiger partial charge in [0.1, 0.15) is 28.5 Å². The van der Waals surface area contributed by atoms with Crippen LogP contribution in [-0.4, -0.2) is 65.9 Å². The lowest BCUT2D eigenvalue weighted by molar-refractivity contribution is -0.130. The van der Waals surface area contributed by atoms with Gasteiger partial charge in [-0.2, -0.15) is 0 Å². The van der Waals surface area contributed by atoms with Gasteiger partial charge in [0.25, 0.3) is 5.91 Å². The molecule has 6 rings (SSSR count). The molecule has 0 saturated carbocycles. The molecular weight excluding hydrogens is 616 g/mol. The highest BCUT2D eigenvalue weighted by molar-refractivity contribution is 8.00. The molecule has 4 aromatic rings. The first-order chi connectivity index (χ1) is 22.4. The van der Waals surface area contributed by atoms with Crippen LogP contribution in [0.25, 0.3) is 10.9 Å². The Hall–Kier alpha value is -4.62. The summed E-state index contributed by atoms with van der Waals surface area (Å²) in [6, 6.07) is 14.7. The van der Waals surface area contributed by atoms with Gasteiger partial charge in [-0.3, -0.25) is 9.78 Å². The molecule has 3 heterocycles. The Morgan fingerprint density at radius 1 is 1.02 bits per heavy atom. The van der Waals surface area contributed by atoms with E-state index in [0.29, 0.717) is 40.8 Å². The predicted octanol–water partition coefficient (Wildman–Crippen LogP) is 6.49. The summed E-state index contributed by atoms with van der Waals surface area (Å²) in [4.78, 5) is 32.1. The monoisotopic (exact) mass is 649 g/mol. The molecule has 2 aliphatic rings. The third-order valence-corrected chi connectivity index (χ3v) is 8.91. The van der Waals surface area contributed by atoms with E-state index in [1.54, 1.807) is 43.6 Å². The third kappa shape index (κ3) is 7.10. The fourth-order valence-corrected chi connectivity index (χ4v) is 6.62. The summed E-state index contributed by atoms with van der Waals surface area (Å²) in [5, 5.41) is 3.27. The van der Waals surface area contributed by atoms with Crippen LogP contribution in [0.3, 0.4) is 0 Å². The van der Waals surface area contributed by atoms with Crippen molar-refractivity contribution in [1.82, 2.24) is 20.3 Å². The maximum absolute atomic E-state index is 14.4. The number of pyridine rings is 1. The molecule has 0 aliphatic carbocycles. The summed E-state index contributed by atoms with van der Waals surface area (Å²) >= 11 is 1.02. The Morgan fingerprint density at radius 2 is 1.78 bits per heavy atom. The number of amides is 3. The predicted molar refractivity (Wildman–Crippen MR) is 171 cm³/mol. The Kier molecular flexibility index (Phi) is 9.69. The van der Waals surface area contributed by atoms with Gasteiger partial charge in [0.05, 0.1) is 30.5 Å². The molecule has 10 nitrogen and oxygen atoms in total. The Morgan fingerprint density at radius 3 is 2.52 bits per heavy atom. The van der Waals surface area contributed by atoms with Gasteiger partial charge in [0, 0.05) is 29.9 Å². The number of urea groups is 1. The molecule has 13 heteroatoms. The zero-order valence-corrected chi connectivity index (χ0v) is 25.9. The van der Waals surface area contributed by atoms with Crippen molar-refractivity contribution in [2.75, 3.05) is 44.4 Å². The van der Waals surface area contributed by atoms with E-state index in [9.17, 15) is 18.4 Å². The number of hydrogen-bond donors (Lipinski definition) is 2. The number of carbonyl (C=O) groups excluding carboxylic acids is 2. The van der Waals surface area contributed by atoms with E-state index >= 15 is 0 Å². The van der Waals surface area contributed by atoms with E-state index in [1.165, 1.54) is 18.9 Å². The minimum atomic E-state index is -1.04. The summed E-state index contributed by atoms with van der Waals surface area (Å²) < 4.78 is 46.6. The second kappa shape index (κ2) is 14.2. The topological polar surface area (TPSA) is 105 Å². The highest BCUT2D eigenvalue weighted by Gasteiger charge is 2.37. The van der Waals surface area contributed by atoms with Crippen molar-refractivity contribution in [3.63, 3.8) is 0 Å². The van der Waals surface area contributed by atoms with Crippen molar-refractivity contribution in [1.29, 1.82) is 0 Å². The number of thioether (sulfide) groups is 1. The molecule has 2 N–H and O–H groups in total. The number of rotatable bonds is 11. The highest BCUT2D eigenvalue weighted by atomic mass is 32.2. The Labute approximate surface area is 269 Å². The molecule has 0 radical (unpaired) electrons. The van der Waals surface area contributed by atoms with Gasteiger partial charge >= 0.3 is 6.03 Å². The summed E-state index contributed by atoms with van der Waals surface area (Å²) in [5.41, 5.74) is 3.22. The van der Waals surface area contributed by atoms with Crippen LogP contribution in [0.2, 0.25) is 0 Å². The molecule has 0 spiro atoms. The third-order valence-electron chi connectivity index (χ3n) is 7.74. The molecule has 1 unspecified atom stereocenters. The first-order valence-corrected chi connectivity index (χ1v) is 16.0. The molecule has 2 saturated heterocycles. The number of anilines is 1. The number of hydrogen-bond acceptors (Lipinski definition) is 8. The Balaban J connectivity index is 1.08. The van der Waals surface area contributed by atoms with Crippen molar-refractivity contribution >= 4 is 40.3 Å². The van der Waals surface area contributed by atoms with Crippen LogP contribution in [0.15, 0.2) is 66.9 Å². The highest BCUT2D eigenvalue weighted by Crippen LogP contribution is 2.40. The largest absolute Gasteiger partial charge is 0.493 e. The molecule has 2 fully saturated rings. The fraction of sp³-hybridized carbons (Fsp3) is 0.303. The van der Waals surface area contributed by atoms with Crippen LogP contribution in [0.1, 0.15) is 30.2 Å². The second-order valence-electron chi connectivity index (χ2n) is 10.8. The van der Waals surface area contributed by atoms with Crippen molar-refractivity contribution < 1.29 is 32.6 Å². The molecular formula is C33H33F2N5O5S. The second-order valence-corrected chi connectivity index (χ2v) is 11.9. The average Bonchev–Trinajstić information content (AvgIpc) is 3.70. The average molecular weight is 650 g/mol. The van der Waals surface area contributed by atoms with E-state index in [2.05, 4.69) is 20.6 Å². The van der Waals surface area contributed by atoms with E-state index in [0.717, 1.165) is 60.3 Å². The van der Waals surface area contributed by atoms with Crippen LogP contribution in [-0.2, 0) is 4.79 Å². The number of nitrogens with zero attached hydrogens (tertiary/aromatic N) is 3. The van der Waals surface area contributed by atoms with E-state index < -0.39 is 28.9 Å². The van der Waals surface area contributed by atoms with Gasteiger partial charge < -0.3 is 24.4 Å². The minimum Gasteiger partial charge on any atom is -0.493 e. The van der Waals surface area contributed by atoms with Crippen molar-refractivity contribution in [3.05, 3.63) is 84.1 Å². The first kappa shape index (κ1) is 31.4. The SMILES string of the molecule is COc1cc2c(Oc3ccc(NC(=O)NN4C(=O)CSC4c4c(F)cccc4F)cc3)ccnc2cc1OCCCN1CCCC1. The zero-order valence-electron chi connectivity index (χ0n) is 25.1. The lowest BCUT2D eigenvalue weighted by Crippen LogP contribution is -2.46. The van der Waals surface area contributed by atoms with Crippen molar-refractivity contribution in [3.8, 4) is 23.0 Å². The van der Waals surface area contributed by atoms with Gasteiger partial charge in [-0.15, -0.1) is 11.8 Å². The number of nitrogens with one attached hydrogen (secondary N) is 2. The quantitative estimate of drug-likeness (QED) is 0.178. The molecule has 0 bridgehead atoms. The van der Waals surface area contributed by atoms with Crippen molar-refractivity contribution in [2.45, 2.75) is 24.6 Å². The summed E-state index contributed by atoms with van der Waals surface area (Å²) in [7, 11) is 1.59. The maximum atomic E-state index is 14.4. The zero-order chi connectivity index (χ0) is 32.0. The number of benzene rings is 3. The summed E-state index contributed by atoms with van der Waals surface area (Å²) in [6.07, 6.45) is 5.10. The maximum Gasteiger partial charge on any atom is 0.338 e. The normalized spacial score (nSPS) is 16.5. The van der Waals surface area contributed by atoms with Crippen LogP contribution in [0.4, 0.5) is 19.3 Å². The lowest BCUT2D eigenvalue weighted by Gasteiger charge is -2.25. The number of hydrazine groups is 1. The van der Waals surface area contributed by atoms with Gasteiger partial charge in [-0.1, -0.05) is 6.07 Å². The molecule has 3 amide bonds. The van der Waals surface area contributed by atoms with Crippen LogP contribution < -0.4 is 25.0 Å². The standard InChI is InChI=1S/C33H33F2N5O5S/c1-43-28-18-23-26(19-29(28)44-17-5-16-39-14-2-3-15-39)36-13-12-27(23)45-22-10-8-21(9-11-22)37-33(42)38-40-30(41)20-46-32(40)31-24(34)6-4-7-25(31)35/h4,6-13,18-19,32H,2-3,5,14-17,20H2,1H3,(H2,37,38,42). The van der Waals surface area contributed by atoms with Gasteiger partial charge in [-0.25, -0.2) is 24.0 Å². The molecule has 2 aliphatic heterocycles. The molecule has 240 valence electrons. The van der Waals surface area contributed by atoms with Crippen LogP contribution in [0.5, 0.6) is 23.0 Å². The first-order valence-electron chi connectivity index (χ1n) is 14.9. The Bertz CT molecular complexity index is 1700. The molecule has 1 aromatic heterocycles. The smallest absolute Gasteiger partial charge is 0.338 e. The van der Waals surface area contributed by atoms with Crippen LogP contribution >= 0.6 is 11.8 Å². The van der Waals surface area contributed by atoms with E-state index in [4.69, 9.17) is 14.2 Å². The summed E-state index contributed by atoms with van der Waals surface area (Å²) in [6.45, 7) is 3.90. The summed E-state index contributed by atoms with van der Waals surface area (Å²) in [5.74, 6) is 0.142. The van der Waals surface area contributed by atoms with Gasteiger partial charge in [-0.05, 0) is 80.9 Å². The molecule has 3 aromatic carbocycles. The fourth-order valence-electron chi connectivity index (χ4n) is 5.47. The lowest BCUT2D eigenvalue weighted by atomic mass is 10.1. The van der Waals surface area contributed by atoms with Crippen LogP contribution in [0, 0.1) is 11.6 Å². The molecule has 46 heavy (non-hydrogen) atoms.